The number of hydrogen-bond acceptors (Lipinski definition) is 1. The number of allylic oxidation sites excluding steroid dienone is 1. The molecule has 1 aliphatic carbocycles. The van der Waals surface area contributed by atoms with E-state index in [0.29, 0.717) is 0 Å². The van der Waals surface area contributed by atoms with Gasteiger partial charge >= 0.3 is 0 Å². The van der Waals surface area contributed by atoms with Crippen LogP contribution < -0.4 is 0 Å². The lowest BCUT2D eigenvalue weighted by Gasteiger charge is -2.21. The number of hydrogen-bond donors (Lipinski definition) is 0. The second-order valence-corrected chi connectivity index (χ2v) is 11.5. The zero-order valence-corrected chi connectivity index (χ0v) is 23.7. The summed E-state index contributed by atoms with van der Waals surface area (Å²) in [5, 5.41) is 7.45. The van der Waals surface area contributed by atoms with Crippen molar-refractivity contribution in [3.05, 3.63) is 151 Å². The Bertz CT molecular complexity index is 2340. The summed E-state index contributed by atoms with van der Waals surface area (Å²) >= 11 is 0. The molecule has 0 spiro atoms. The third-order valence-electron chi connectivity index (χ3n) is 9.14. The molecule has 0 fully saturated rings. The Morgan fingerprint density at radius 2 is 1.07 bits per heavy atom. The van der Waals surface area contributed by atoms with Crippen molar-refractivity contribution in [3.8, 4) is 33.4 Å². The van der Waals surface area contributed by atoms with Gasteiger partial charge in [0.1, 0.15) is 11.2 Å². The average molecular weight is 549 g/mol. The van der Waals surface area contributed by atoms with Gasteiger partial charge in [-0.15, -0.1) is 0 Å². The Labute approximate surface area is 250 Å². The van der Waals surface area contributed by atoms with Crippen molar-refractivity contribution in [2.24, 2.45) is 0 Å². The topological polar surface area (TPSA) is 13.1 Å². The van der Waals surface area contributed by atoms with Gasteiger partial charge in [0.2, 0.25) is 0 Å². The molecular weight excluding hydrogens is 520 g/mol. The molecule has 1 aliphatic rings. The average Bonchev–Trinajstić information content (AvgIpc) is 3.46. The zero-order chi connectivity index (χ0) is 28.3. The molecule has 8 aromatic rings. The number of furan rings is 1. The molecular formula is C42H28O. The van der Waals surface area contributed by atoms with E-state index in [-0.39, 0.29) is 0 Å². The number of fused-ring (bicyclic) bond motifs is 6. The van der Waals surface area contributed by atoms with Crippen LogP contribution in [0.5, 0.6) is 0 Å². The number of para-hydroxylation sites is 2. The molecule has 202 valence electrons. The third kappa shape index (κ3) is 3.72. The van der Waals surface area contributed by atoms with Crippen LogP contribution in [-0.4, -0.2) is 0 Å². The van der Waals surface area contributed by atoms with Crippen LogP contribution in [-0.2, 0) is 6.42 Å². The van der Waals surface area contributed by atoms with Gasteiger partial charge in [-0.2, -0.15) is 0 Å². The van der Waals surface area contributed by atoms with E-state index in [4.69, 9.17) is 4.42 Å². The van der Waals surface area contributed by atoms with Crippen molar-refractivity contribution in [3.63, 3.8) is 0 Å². The molecule has 1 nitrogen and oxygen atoms in total. The fourth-order valence-corrected chi connectivity index (χ4v) is 7.26. The first kappa shape index (κ1) is 24.2. The molecule has 0 atom stereocenters. The highest BCUT2D eigenvalue weighted by Crippen LogP contribution is 2.46. The van der Waals surface area contributed by atoms with E-state index >= 15 is 0 Å². The molecule has 1 heteroatoms. The van der Waals surface area contributed by atoms with Crippen LogP contribution in [0.25, 0.3) is 82.9 Å². The van der Waals surface area contributed by atoms with Crippen LogP contribution >= 0.6 is 0 Å². The second kappa shape index (κ2) is 9.58. The van der Waals surface area contributed by atoms with Gasteiger partial charge in [-0.05, 0) is 85.5 Å². The quantitative estimate of drug-likeness (QED) is 0.200. The summed E-state index contributed by atoms with van der Waals surface area (Å²) in [6, 6.07) is 48.4. The van der Waals surface area contributed by atoms with Crippen molar-refractivity contribution in [1.29, 1.82) is 0 Å². The highest BCUT2D eigenvalue weighted by atomic mass is 16.3. The van der Waals surface area contributed by atoms with Crippen LogP contribution in [0, 0.1) is 0 Å². The Kier molecular flexibility index (Phi) is 5.39. The minimum atomic E-state index is 0.923. The van der Waals surface area contributed by atoms with Crippen LogP contribution in [0.2, 0.25) is 0 Å². The lowest BCUT2D eigenvalue weighted by atomic mass is 9.82. The van der Waals surface area contributed by atoms with Gasteiger partial charge in [0.15, 0.2) is 0 Å². The molecule has 0 amide bonds. The molecule has 0 N–H and O–H groups in total. The van der Waals surface area contributed by atoms with Crippen LogP contribution in [0.4, 0.5) is 0 Å². The van der Waals surface area contributed by atoms with Crippen LogP contribution in [0.3, 0.4) is 0 Å². The van der Waals surface area contributed by atoms with Crippen molar-refractivity contribution in [1.82, 2.24) is 0 Å². The van der Waals surface area contributed by atoms with Crippen molar-refractivity contribution in [2.45, 2.75) is 12.8 Å². The molecule has 1 heterocycles. The number of rotatable bonds is 3. The molecule has 0 saturated heterocycles. The fourth-order valence-electron chi connectivity index (χ4n) is 7.26. The van der Waals surface area contributed by atoms with Crippen molar-refractivity contribution < 1.29 is 4.42 Å². The summed E-state index contributed by atoms with van der Waals surface area (Å²) in [5.74, 6) is 0. The Hall–Kier alpha value is -5.40. The first-order valence-corrected chi connectivity index (χ1v) is 15.1. The molecule has 0 radical (unpaired) electrons. The molecule has 0 bridgehead atoms. The molecule has 0 saturated carbocycles. The lowest BCUT2D eigenvalue weighted by molar-refractivity contribution is 0.670. The Balaban J connectivity index is 1.32. The predicted octanol–water partition coefficient (Wildman–Crippen LogP) is 11.9. The predicted molar refractivity (Wildman–Crippen MR) is 182 cm³/mol. The summed E-state index contributed by atoms with van der Waals surface area (Å²) in [4.78, 5) is 0. The van der Waals surface area contributed by atoms with E-state index in [1.807, 2.05) is 6.07 Å². The maximum atomic E-state index is 6.43. The van der Waals surface area contributed by atoms with E-state index in [9.17, 15) is 0 Å². The van der Waals surface area contributed by atoms with E-state index in [1.165, 1.54) is 54.9 Å². The molecule has 0 unspecified atom stereocenters. The molecule has 7 aromatic carbocycles. The maximum Gasteiger partial charge on any atom is 0.143 e. The minimum Gasteiger partial charge on any atom is -0.455 e. The summed E-state index contributed by atoms with van der Waals surface area (Å²) in [7, 11) is 0. The zero-order valence-electron chi connectivity index (χ0n) is 23.7. The van der Waals surface area contributed by atoms with Gasteiger partial charge in [0.05, 0.1) is 0 Å². The standard InChI is InChI=1S/C42H28O/c1-2-16-30-27(12-1)13-10-23-33(30)41-36-20-5-3-18-34(36)40(35-19-4-6-21-37(35)41)29-15-9-14-28(26-29)31-22-11-24-38-32-17-7-8-25-39(32)43-42(31)38/h1,3-15,17-26H,2,16H2. The van der Waals surface area contributed by atoms with Gasteiger partial charge in [0.25, 0.3) is 0 Å². The van der Waals surface area contributed by atoms with Gasteiger partial charge < -0.3 is 4.42 Å². The third-order valence-corrected chi connectivity index (χ3v) is 9.14. The minimum absolute atomic E-state index is 0.923. The van der Waals surface area contributed by atoms with Gasteiger partial charge in [0, 0.05) is 16.3 Å². The molecule has 1 aromatic heterocycles. The first-order valence-electron chi connectivity index (χ1n) is 15.1. The van der Waals surface area contributed by atoms with Gasteiger partial charge in [-0.25, -0.2) is 0 Å². The highest BCUT2D eigenvalue weighted by Gasteiger charge is 2.20. The summed E-state index contributed by atoms with van der Waals surface area (Å²) in [6.07, 6.45) is 6.74. The smallest absolute Gasteiger partial charge is 0.143 e. The highest BCUT2D eigenvalue weighted by molar-refractivity contribution is 6.22. The molecule has 0 aliphatic heterocycles. The van der Waals surface area contributed by atoms with Gasteiger partial charge in [-0.3, -0.25) is 0 Å². The van der Waals surface area contributed by atoms with Crippen LogP contribution in [0.1, 0.15) is 17.5 Å². The van der Waals surface area contributed by atoms with E-state index < -0.39 is 0 Å². The normalized spacial score (nSPS) is 12.8. The van der Waals surface area contributed by atoms with Gasteiger partial charge in [-0.1, -0.05) is 133 Å². The largest absolute Gasteiger partial charge is 0.455 e. The van der Waals surface area contributed by atoms with Crippen molar-refractivity contribution >= 4 is 49.6 Å². The molecule has 43 heavy (non-hydrogen) atoms. The summed E-state index contributed by atoms with van der Waals surface area (Å²) < 4.78 is 6.43. The van der Waals surface area contributed by atoms with Crippen LogP contribution in [0.15, 0.2) is 144 Å². The Morgan fingerprint density at radius 1 is 0.465 bits per heavy atom. The number of benzene rings is 7. The SMILES string of the molecule is C1=Cc2cccc(-c3c4ccccc4c(-c4cccc(-c5cccc6c5oc5ccccc56)c4)c4ccccc34)c2CC1. The lowest BCUT2D eigenvalue weighted by Crippen LogP contribution is -1.99. The first-order chi connectivity index (χ1) is 21.3. The van der Waals surface area contributed by atoms with E-state index in [1.54, 1.807) is 0 Å². The van der Waals surface area contributed by atoms with Crippen molar-refractivity contribution in [2.75, 3.05) is 0 Å². The second-order valence-electron chi connectivity index (χ2n) is 11.5. The van der Waals surface area contributed by atoms with E-state index in [2.05, 4.69) is 140 Å². The monoisotopic (exact) mass is 548 g/mol. The summed E-state index contributed by atoms with van der Waals surface area (Å²) in [6.45, 7) is 0. The summed E-state index contributed by atoms with van der Waals surface area (Å²) in [5.41, 5.74) is 12.1. The molecule has 9 rings (SSSR count). The fraction of sp³-hybridized carbons (Fsp3) is 0.0476. The maximum absolute atomic E-state index is 6.43. The van der Waals surface area contributed by atoms with E-state index in [0.717, 1.165) is 45.9 Å². The Morgan fingerprint density at radius 3 is 1.86 bits per heavy atom.